The van der Waals surface area contributed by atoms with Crippen molar-refractivity contribution in [3.63, 3.8) is 0 Å². The fourth-order valence-corrected chi connectivity index (χ4v) is 2.36. The number of rotatable bonds is 5. The normalized spacial score (nSPS) is 10.9. The van der Waals surface area contributed by atoms with E-state index < -0.39 is 6.08 Å². The molecule has 0 aliphatic heterocycles. The van der Waals surface area contributed by atoms with E-state index in [1.54, 1.807) is 0 Å². The Labute approximate surface area is 95.3 Å². The van der Waals surface area contributed by atoms with Gasteiger partial charge in [-0.2, -0.15) is 13.2 Å². The Hall–Kier alpha value is -0.750. The first-order chi connectivity index (χ1) is 7.22. The van der Waals surface area contributed by atoms with E-state index in [0.717, 1.165) is 10.4 Å². The molecule has 0 N–H and O–H groups in total. The second-order valence-corrected chi connectivity index (χ2v) is 4.64. The summed E-state index contributed by atoms with van der Waals surface area (Å²) in [6.45, 7) is 1.89. The molecule has 15 heavy (non-hydrogen) atoms. The Bertz CT molecular complexity index is 357. The summed E-state index contributed by atoms with van der Waals surface area (Å²) in [4.78, 5) is 4.19. The van der Waals surface area contributed by atoms with Gasteiger partial charge >= 0.3 is 0 Å². The molecule has 1 aromatic heterocycles. The van der Waals surface area contributed by atoms with Crippen LogP contribution in [0.1, 0.15) is 19.2 Å². The minimum absolute atomic E-state index is 0.353. The summed E-state index contributed by atoms with van der Waals surface area (Å²) in [5.41, 5.74) is 0. The van der Waals surface area contributed by atoms with Crippen molar-refractivity contribution >= 4 is 29.4 Å². The van der Waals surface area contributed by atoms with Crippen LogP contribution in [0.4, 0.5) is 8.78 Å². The molecule has 0 aliphatic rings. The minimum atomic E-state index is -1.62. The molecule has 0 bridgehead atoms. The molecule has 0 spiro atoms. The van der Waals surface area contributed by atoms with Gasteiger partial charge < -0.3 is 0 Å². The molecule has 0 atom stereocenters. The summed E-state index contributed by atoms with van der Waals surface area (Å²) in [6.07, 6.45) is 3.31. The average molecular weight is 248 g/mol. The van der Waals surface area contributed by atoms with Crippen molar-refractivity contribution < 1.29 is 8.78 Å². The molecular weight excluding hydrogens is 238 g/mol. The van der Waals surface area contributed by atoms with Gasteiger partial charge in [0.15, 0.2) is 10.2 Å². The molecule has 1 rings (SSSR count). The average Bonchev–Trinajstić information content (AvgIpc) is 2.61. The van der Waals surface area contributed by atoms with Gasteiger partial charge in [0.05, 0.1) is 0 Å². The van der Waals surface area contributed by atoms with E-state index in [-0.39, 0.29) is 0 Å². The van der Waals surface area contributed by atoms with E-state index >= 15 is 0 Å². The van der Waals surface area contributed by atoms with E-state index in [1.165, 1.54) is 23.3 Å². The zero-order valence-corrected chi connectivity index (χ0v) is 9.75. The highest BCUT2D eigenvalue weighted by Crippen LogP contribution is 2.21. The van der Waals surface area contributed by atoms with Crippen molar-refractivity contribution in [3.05, 3.63) is 24.1 Å². The number of thioether (sulfide) groups is 1. The second-order valence-electron chi connectivity index (χ2n) is 2.55. The maximum atomic E-state index is 11.7. The van der Waals surface area contributed by atoms with Gasteiger partial charge in [-0.3, -0.25) is 0 Å². The Morgan fingerprint density at radius 1 is 1.53 bits per heavy atom. The summed E-state index contributed by atoms with van der Waals surface area (Å²) < 4.78 is 28.3. The smallest absolute Gasteiger partial charge is 0.209 e. The third-order valence-electron chi connectivity index (χ3n) is 1.38. The Kier molecular flexibility index (Phi) is 5.49. The number of hydrogen-bond donors (Lipinski definition) is 0. The van der Waals surface area contributed by atoms with Crippen molar-refractivity contribution in [2.75, 3.05) is 5.75 Å². The Morgan fingerprint density at radius 2 is 2.33 bits per heavy atom. The fourth-order valence-electron chi connectivity index (χ4n) is 0.810. The predicted molar refractivity (Wildman–Crippen MR) is 60.3 cm³/mol. The van der Waals surface area contributed by atoms with Crippen molar-refractivity contribution in [3.8, 4) is 0 Å². The van der Waals surface area contributed by atoms with Gasteiger partial charge in [-0.05, 0) is 37.0 Å². The molecule has 0 aliphatic carbocycles. The first-order valence-electron chi connectivity index (χ1n) is 4.32. The Balaban J connectivity index is 2.34. The highest BCUT2D eigenvalue weighted by molar-refractivity contribution is 8.00. The van der Waals surface area contributed by atoms with E-state index in [0.29, 0.717) is 18.0 Å². The van der Waals surface area contributed by atoms with Gasteiger partial charge in [-0.1, -0.05) is 17.8 Å². The van der Waals surface area contributed by atoms with Gasteiger partial charge in [0.2, 0.25) is 0 Å². The van der Waals surface area contributed by atoms with E-state index in [1.807, 2.05) is 19.1 Å². The van der Waals surface area contributed by atoms with Gasteiger partial charge in [0.1, 0.15) is 0 Å². The molecule has 6 heteroatoms. The number of aromatic nitrogens is 2. The van der Waals surface area contributed by atoms with Gasteiger partial charge in [0.25, 0.3) is 6.08 Å². The Morgan fingerprint density at radius 3 is 3.00 bits per heavy atom. The molecule has 0 radical (unpaired) electrons. The van der Waals surface area contributed by atoms with Crippen LogP contribution in [-0.4, -0.2) is 15.1 Å². The van der Waals surface area contributed by atoms with Crippen LogP contribution in [0.15, 0.2) is 22.6 Å². The van der Waals surface area contributed by atoms with E-state index in [2.05, 4.69) is 9.36 Å². The SMILES string of the molecule is C/C=C/c1nsc(SCCC=C(F)F)n1. The predicted octanol–water partition coefficient (Wildman–Crippen LogP) is 3.83. The van der Waals surface area contributed by atoms with Crippen molar-refractivity contribution in [1.82, 2.24) is 9.36 Å². The molecule has 82 valence electrons. The lowest BCUT2D eigenvalue weighted by atomic mass is 10.5. The molecule has 0 saturated heterocycles. The van der Waals surface area contributed by atoms with Crippen LogP contribution in [0.2, 0.25) is 0 Å². The number of halogens is 2. The molecule has 0 saturated carbocycles. The van der Waals surface area contributed by atoms with Crippen LogP contribution < -0.4 is 0 Å². The third kappa shape index (κ3) is 5.03. The number of nitrogens with zero attached hydrogens (tertiary/aromatic N) is 2. The lowest BCUT2D eigenvalue weighted by Crippen LogP contribution is -1.77. The molecule has 2 nitrogen and oxygen atoms in total. The maximum absolute atomic E-state index is 11.7. The van der Waals surface area contributed by atoms with Crippen LogP contribution in [0.5, 0.6) is 0 Å². The van der Waals surface area contributed by atoms with Gasteiger partial charge in [-0.25, -0.2) is 4.98 Å². The zero-order valence-electron chi connectivity index (χ0n) is 8.11. The standard InChI is InChI=1S/C9H10F2N2S2/c1-2-4-8-12-9(15-13-8)14-6-3-5-7(10)11/h2,4-5H,3,6H2,1H3/b4-2+. The second kappa shape index (κ2) is 6.68. The lowest BCUT2D eigenvalue weighted by molar-refractivity contribution is 0.418. The highest BCUT2D eigenvalue weighted by atomic mass is 32.2. The quantitative estimate of drug-likeness (QED) is 0.585. The summed E-state index contributed by atoms with van der Waals surface area (Å²) in [7, 11) is 0. The highest BCUT2D eigenvalue weighted by Gasteiger charge is 2.01. The fraction of sp³-hybridized carbons (Fsp3) is 0.333. The summed E-state index contributed by atoms with van der Waals surface area (Å²) >= 11 is 2.73. The van der Waals surface area contributed by atoms with Crippen LogP contribution in [0.3, 0.4) is 0 Å². The molecular formula is C9H10F2N2S2. The van der Waals surface area contributed by atoms with Crippen LogP contribution in [0.25, 0.3) is 6.08 Å². The monoisotopic (exact) mass is 248 g/mol. The van der Waals surface area contributed by atoms with Crippen molar-refractivity contribution in [2.45, 2.75) is 17.7 Å². The first kappa shape index (κ1) is 12.3. The lowest BCUT2D eigenvalue weighted by Gasteiger charge is -1.90. The summed E-state index contributed by atoms with van der Waals surface area (Å²) in [5, 5.41) is 0. The minimum Gasteiger partial charge on any atom is -0.209 e. The number of hydrogen-bond acceptors (Lipinski definition) is 4. The molecule has 0 unspecified atom stereocenters. The van der Waals surface area contributed by atoms with Gasteiger partial charge in [-0.15, -0.1) is 0 Å². The van der Waals surface area contributed by atoms with Crippen LogP contribution >= 0.6 is 23.3 Å². The summed E-state index contributed by atoms with van der Waals surface area (Å²) in [5.74, 6) is 1.28. The van der Waals surface area contributed by atoms with E-state index in [4.69, 9.17) is 0 Å². The maximum Gasteiger partial charge on any atom is 0.266 e. The molecule has 1 aromatic rings. The number of allylic oxidation sites excluding steroid dienone is 2. The van der Waals surface area contributed by atoms with E-state index in [9.17, 15) is 8.78 Å². The molecule has 0 aromatic carbocycles. The topological polar surface area (TPSA) is 25.8 Å². The van der Waals surface area contributed by atoms with Crippen LogP contribution in [0, 0.1) is 0 Å². The zero-order chi connectivity index (χ0) is 11.1. The van der Waals surface area contributed by atoms with Gasteiger partial charge in [0, 0.05) is 5.75 Å². The summed E-state index contributed by atoms with van der Waals surface area (Å²) in [6, 6.07) is 0. The van der Waals surface area contributed by atoms with Crippen LogP contribution in [-0.2, 0) is 0 Å². The molecule has 0 amide bonds. The van der Waals surface area contributed by atoms with Crippen molar-refractivity contribution in [1.29, 1.82) is 0 Å². The molecule has 1 heterocycles. The largest absolute Gasteiger partial charge is 0.266 e. The first-order valence-corrected chi connectivity index (χ1v) is 6.08. The van der Waals surface area contributed by atoms with Crippen molar-refractivity contribution in [2.24, 2.45) is 0 Å². The molecule has 0 fully saturated rings. The third-order valence-corrected chi connectivity index (χ3v) is 3.26.